The van der Waals surface area contributed by atoms with E-state index in [0.29, 0.717) is 64.3 Å². The maximum absolute atomic E-state index is 13.2. The van der Waals surface area contributed by atoms with Crippen LogP contribution < -0.4 is 19.3 Å². The first-order valence-corrected chi connectivity index (χ1v) is 22.0. The van der Waals surface area contributed by atoms with Gasteiger partial charge in [-0.1, -0.05) is 83.5 Å². The average molecular weight is 906 g/mol. The van der Waals surface area contributed by atoms with E-state index < -0.39 is 0 Å². The molecule has 16 heteroatoms. The number of amides is 2. The summed E-state index contributed by atoms with van der Waals surface area (Å²) >= 11 is 15.3. The van der Waals surface area contributed by atoms with E-state index in [0.717, 1.165) is 67.7 Å². The van der Waals surface area contributed by atoms with Crippen LogP contribution in [0, 0.1) is 27.7 Å². The Balaban J connectivity index is 0.000000232. The second-order valence-electron chi connectivity index (χ2n) is 13.9. The minimum Gasteiger partial charge on any atom is -0.496 e. The summed E-state index contributed by atoms with van der Waals surface area (Å²) < 4.78 is 21.5. The van der Waals surface area contributed by atoms with Gasteiger partial charge in [-0.2, -0.15) is 0 Å². The van der Waals surface area contributed by atoms with Gasteiger partial charge in [0.25, 0.3) is 11.8 Å². The number of unbranched alkanes of at least 4 members (excludes halogenated alkanes) is 1. The number of ether oxygens (including phenoxy) is 4. The molecule has 322 valence electrons. The summed E-state index contributed by atoms with van der Waals surface area (Å²) in [6.07, 6.45) is 1.82. The molecule has 12 nitrogen and oxygen atoms in total. The van der Waals surface area contributed by atoms with Crippen LogP contribution in [-0.4, -0.2) is 86.4 Å². The lowest BCUT2D eigenvalue weighted by Crippen LogP contribution is -2.34. The van der Waals surface area contributed by atoms with E-state index in [1.165, 1.54) is 22.7 Å². The number of benzene rings is 4. The smallest absolute Gasteiger partial charge is 0.261 e. The number of methoxy groups -OCH3 is 3. The SMILES string of the molecule is CCCCN(C(=O)c1ccccc1Cl)c1nnc(-c2cc(C)c(OCCOC)c(C)c2)s1.COCCN(C(=O)c1ccccc1Cl)c1nnc(-c2cc(C)c(OC)c(C)c2)s1. The Kier molecular flexibility index (Phi) is 17.6. The lowest BCUT2D eigenvalue weighted by molar-refractivity contribution is 0.0972. The number of hydrogen-bond donors (Lipinski definition) is 0. The van der Waals surface area contributed by atoms with Gasteiger partial charge in [0.2, 0.25) is 10.3 Å². The number of carbonyl (C=O) groups is 2. The number of halogens is 2. The molecule has 6 rings (SSSR count). The molecule has 6 aromatic rings. The fourth-order valence-corrected chi connectivity index (χ4v) is 8.58. The van der Waals surface area contributed by atoms with Crippen molar-refractivity contribution >= 4 is 68.0 Å². The molecule has 0 aliphatic rings. The summed E-state index contributed by atoms with van der Waals surface area (Å²) in [5.74, 6) is 1.31. The molecule has 0 fully saturated rings. The molecule has 2 heterocycles. The van der Waals surface area contributed by atoms with Gasteiger partial charge in [0.15, 0.2) is 0 Å². The summed E-state index contributed by atoms with van der Waals surface area (Å²) in [7, 11) is 4.90. The fourth-order valence-electron chi connectivity index (χ4n) is 6.43. The van der Waals surface area contributed by atoms with E-state index in [9.17, 15) is 9.59 Å². The molecule has 0 unspecified atom stereocenters. The summed E-state index contributed by atoms with van der Waals surface area (Å²) in [5, 5.41) is 20.7. The highest BCUT2D eigenvalue weighted by atomic mass is 35.5. The van der Waals surface area contributed by atoms with Crippen molar-refractivity contribution in [1.29, 1.82) is 0 Å². The molecule has 0 aliphatic heterocycles. The Morgan fingerprint density at radius 2 is 1.05 bits per heavy atom. The van der Waals surface area contributed by atoms with Gasteiger partial charge in [0.05, 0.1) is 48.0 Å². The van der Waals surface area contributed by atoms with Crippen molar-refractivity contribution in [2.24, 2.45) is 0 Å². The zero-order valence-corrected chi connectivity index (χ0v) is 38.7. The predicted octanol–water partition coefficient (Wildman–Crippen LogP) is 10.7. The number of carbonyl (C=O) groups excluding carboxylic acids is 2. The van der Waals surface area contributed by atoms with Crippen LogP contribution in [0.15, 0.2) is 72.8 Å². The Morgan fingerprint density at radius 3 is 1.48 bits per heavy atom. The standard InChI is InChI=1S/C24H28ClN3O3S.C21H22ClN3O3S/c1-5-6-11-28(23(29)19-9-7-8-10-20(19)25)24-27-26-22(32-24)18-14-16(2)21(17(3)15-18)31-13-12-30-4;1-13-11-15(12-14(2)18(13)28-4)19-23-24-21(29-19)25(9-10-27-3)20(26)16-7-5-6-8-17(16)22/h7-10,14-15H,5-6,11-13H2,1-4H3;5-8,11-12H,9-10H2,1-4H3. The number of anilines is 2. The molecule has 0 aliphatic carbocycles. The molecular weight excluding hydrogens is 856 g/mol. The number of aromatic nitrogens is 4. The van der Waals surface area contributed by atoms with Crippen molar-refractivity contribution < 1.29 is 28.5 Å². The second kappa shape index (κ2) is 22.8. The molecular formula is C45H50Cl2N6O6S2. The Morgan fingerprint density at radius 1 is 0.607 bits per heavy atom. The highest BCUT2D eigenvalue weighted by molar-refractivity contribution is 7.19. The molecule has 0 bridgehead atoms. The van der Waals surface area contributed by atoms with E-state index in [-0.39, 0.29) is 11.8 Å². The largest absolute Gasteiger partial charge is 0.496 e. The van der Waals surface area contributed by atoms with Crippen LogP contribution in [0.3, 0.4) is 0 Å². The van der Waals surface area contributed by atoms with E-state index in [2.05, 4.69) is 27.3 Å². The molecule has 0 saturated heterocycles. The molecule has 61 heavy (non-hydrogen) atoms. The highest BCUT2D eigenvalue weighted by Gasteiger charge is 2.25. The van der Waals surface area contributed by atoms with Crippen molar-refractivity contribution in [3.8, 4) is 32.6 Å². The molecule has 0 N–H and O–H groups in total. The minimum absolute atomic E-state index is 0.166. The Labute approximate surface area is 375 Å². The molecule has 2 amide bonds. The van der Waals surface area contributed by atoms with Gasteiger partial charge in [0.1, 0.15) is 28.1 Å². The first-order chi connectivity index (χ1) is 29.4. The van der Waals surface area contributed by atoms with Crippen LogP contribution in [0.1, 0.15) is 62.7 Å². The normalized spacial score (nSPS) is 10.9. The molecule has 0 atom stereocenters. The Bertz CT molecular complexity index is 2380. The number of nitrogens with zero attached hydrogens (tertiary/aromatic N) is 6. The van der Waals surface area contributed by atoms with E-state index in [1.807, 2.05) is 64.1 Å². The fraction of sp³-hybridized carbons (Fsp3) is 0.333. The summed E-state index contributed by atoms with van der Waals surface area (Å²) in [5.41, 5.74) is 6.82. The van der Waals surface area contributed by atoms with Gasteiger partial charge in [-0.25, -0.2) is 0 Å². The van der Waals surface area contributed by atoms with Crippen molar-refractivity contribution in [3.05, 3.63) is 116 Å². The molecule has 0 saturated carbocycles. The average Bonchev–Trinajstić information content (AvgIpc) is 3.94. The van der Waals surface area contributed by atoms with Gasteiger partial charge in [-0.15, -0.1) is 20.4 Å². The maximum Gasteiger partial charge on any atom is 0.261 e. The van der Waals surface area contributed by atoms with Crippen LogP contribution in [0.2, 0.25) is 10.0 Å². The van der Waals surface area contributed by atoms with Crippen LogP contribution in [0.4, 0.5) is 10.3 Å². The third-order valence-electron chi connectivity index (χ3n) is 9.40. The van der Waals surface area contributed by atoms with Crippen LogP contribution >= 0.6 is 45.9 Å². The van der Waals surface area contributed by atoms with E-state index in [4.69, 9.17) is 42.1 Å². The van der Waals surface area contributed by atoms with Crippen LogP contribution in [0.5, 0.6) is 11.5 Å². The third-order valence-corrected chi connectivity index (χ3v) is 12.0. The van der Waals surface area contributed by atoms with Gasteiger partial charge < -0.3 is 18.9 Å². The van der Waals surface area contributed by atoms with Crippen molar-refractivity contribution in [2.75, 3.05) is 64.0 Å². The van der Waals surface area contributed by atoms with E-state index in [1.54, 1.807) is 67.5 Å². The highest BCUT2D eigenvalue weighted by Crippen LogP contribution is 2.36. The predicted molar refractivity (Wildman–Crippen MR) is 247 cm³/mol. The lowest BCUT2D eigenvalue weighted by atomic mass is 10.1. The number of aryl methyl sites for hydroxylation is 4. The molecule has 4 aromatic carbocycles. The number of hydrogen-bond acceptors (Lipinski definition) is 12. The summed E-state index contributed by atoms with van der Waals surface area (Å²) in [4.78, 5) is 29.6. The van der Waals surface area contributed by atoms with Gasteiger partial charge in [0, 0.05) is 31.9 Å². The first kappa shape index (κ1) is 47.1. The van der Waals surface area contributed by atoms with E-state index >= 15 is 0 Å². The Hall–Kier alpha value is -4.96. The summed E-state index contributed by atoms with van der Waals surface area (Å²) in [6, 6.07) is 22.1. The van der Waals surface area contributed by atoms with Crippen molar-refractivity contribution in [3.63, 3.8) is 0 Å². The lowest BCUT2D eigenvalue weighted by Gasteiger charge is -2.19. The number of rotatable bonds is 17. The minimum atomic E-state index is -0.238. The monoisotopic (exact) mass is 904 g/mol. The van der Waals surface area contributed by atoms with Crippen molar-refractivity contribution in [1.82, 2.24) is 20.4 Å². The molecule has 0 spiro atoms. The first-order valence-electron chi connectivity index (χ1n) is 19.6. The topological polar surface area (TPSA) is 129 Å². The zero-order chi connectivity index (χ0) is 44.1. The molecule has 2 aromatic heterocycles. The zero-order valence-electron chi connectivity index (χ0n) is 35.6. The quantitative estimate of drug-likeness (QED) is 0.0816. The third kappa shape index (κ3) is 11.9. The summed E-state index contributed by atoms with van der Waals surface area (Å²) in [6.45, 7) is 12.4. The molecule has 0 radical (unpaired) electrons. The van der Waals surface area contributed by atoms with Crippen LogP contribution in [0.25, 0.3) is 21.1 Å². The van der Waals surface area contributed by atoms with Gasteiger partial charge in [-0.05, 0) is 105 Å². The van der Waals surface area contributed by atoms with Crippen molar-refractivity contribution in [2.45, 2.75) is 47.5 Å². The van der Waals surface area contributed by atoms with Gasteiger partial charge in [-0.3, -0.25) is 19.4 Å². The van der Waals surface area contributed by atoms with Crippen LogP contribution in [-0.2, 0) is 9.47 Å². The second-order valence-corrected chi connectivity index (χ2v) is 16.6. The van der Waals surface area contributed by atoms with Gasteiger partial charge >= 0.3 is 0 Å². The maximum atomic E-state index is 13.2.